The minimum absolute atomic E-state index is 0.0894. The smallest absolute Gasteiger partial charge is 0.257 e. The molecule has 0 radical (unpaired) electrons. The van der Waals surface area contributed by atoms with E-state index in [1.165, 1.54) is 23.1 Å². The number of fused-ring (bicyclic) bond motifs is 1. The van der Waals surface area contributed by atoms with Crippen LogP contribution < -0.4 is 9.47 Å². The number of hydrogen-bond acceptors (Lipinski definition) is 4. The van der Waals surface area contributed by atoms with E-state index in [9.17, 15) is 9.90 Å². The van der Waals surface area contributed by atoms with Gasteiger partial charge in [0.15, 0.2) is 11.5 Å². The topological polar surface area (TPSA) is 59.0 Å². The Bertz CT molecular complexity index is 747. The van der Waals surface area contributed by atoms with Crippen LogP contribution in [0.25, 0.3) is 0 Å². The van der Waals surface area contributed by atoms with Crippen LogP contribution in [-0.4, -0.2) is 36.2 Å². The number of aromatic hydroxyl groups is 1. The van der Waals surface area contributed by atoms with E-state index in [0.29, 0.717) is 36.3 Å². The predicted octanol–water partition coefficient (Wildman–Crippen LogP) is 3.09. The van der Waals surface area contributed by atoms with Gasteiger partial charge in [-0.1, -0.05) is 17.7 Å². The first-order valence-electron chi connectivity index (χ1n) is 7.17. The van der Waals surface area contributed by atoms with Gasteiger partial charge in [-0.25, -0.2) is 0 Å². The highest BCUT2D eigenvalue weighted by atomic mass is 35.5. The molecule has 0 aromatic heterocycles. The highest BCUT2D eigenvalue weighted by Crippen LogP contribution is 2.31. The summed E-state index contributed by atoms with van der Waals surface area (Å²) in [4.78, 5) is 14.0. The maximum atomic E-state index is 12.5. The minimum Gasteiger partial charge on any atom is -0.507 e. The second-order valence-electron chi connectivity index (χ2n) is 5.30. The van der Waals surface area contributed by atoms with Crippen molar-refractivity contribution in [2.45, 2.75) is 6.54 Å². The van der Waals surface area contributed by atoms with E-state index < -0.39 is 0 Å². The molecule has 0 fully saturated rings. The molecule has 1 aliphatic heterocycles. The SMILES string of the molecule is CN(Cc1ccc2c(c1)OCCO2)C(=O)c1cc(Cl)ccc1O. The molecule has 0 unspecified atom stereocenters. The van der Waals surface area contributed by atoms with E-state index in [0.717, 1.165) is 5.56 Å². The molecule has 2 aromatic rings. The Morgan fingerprint density at radius 2 is 1.91 bits per heavy atom. The fraction of sp³-hybridized carbons (Fsp3) is 0.235. The van der Waals surface area contributed by atoms with Gasteiger partial charge in [-0.15, -0.1) is 0 Å². The molecule has 2 aromatic carbocycles. The molecule has 1 aliphatic rings. The standard InChI is InChI=1S/C17H16ClNO4/c1-19(17(21)13-9-12(18)3-4-14(13)20)10-11-2-5-15-16(8-11)23-7-6-22-15/h2-5,8-9,20H,6-7,10H2,1H3. The Hall–Kier alpha value is -2.40. The molecule has 5 nitrogen and oxygen atoms in total. The number of carbonyl (C=O) groups excluding carboxylic acids is 1. The Labute approximate surface area is 139 Å². The van der Waals surface area contributed by atoms with Gasteiger partial charge in [0.05, 0.1) is 5.56 Å². The van der Waals surface area contributed by atoms with Gasteiger partial charge < -0.3 is 19.5 Å². The lowest BCUT2D eigenvalue weighted by Gasteiger charge is -2.21. The predicted molar refractivity (Wildman–Crippen MR) is 86.3 cm³/mol. The van der Waals surface area contributed by atoms with Crippen molar-refractivity contribution in [3.05, 3.63) is 52.5 Å². The van der Waals surface area contributed by atoms with Crippen LogP contribution in [0.2, 0.25) is 5.02 Å². The molecule has 6 heteroatoms. The molecule has 3 rings (SSSR count). The lowest BCUT2D eigenvalue weighted by Crippen LogP contribution is -2.26. The van der Waals surface area contributed by atoms with Crippen LogP contribution in [0, 0.1) is 0 Å². The summed E-state index contributed by atoms with van der Waals surface area (Å²) in [5, 5.41) is 10.2. The van der Waals surface area contributed by atoms with E-state index in [4.69, 9.17) is 21.1 Å². The van der Waals surface area contributed by atoms with Gasteiger partial charge in [0.2, 0.25) is 0 Å². The minimum atomic E-state index is -0.306. The van der Waals surface area contributed by atoms with Crippen molar-refractivity contribution >= 4 is 17.5 Å². The van der Waals surface area contributed by atoms with Gasteiger partial charge in [0, 0.05) is 18.6 Å². The number of amides is 1. The summed E-state index contributed by atoms with van der Waals surface area (Å²) in [6.07, 6.45) is 0. The van der Waals surface area contributed by atoms with Gasteiger partial charge >= 0.3 is 0 Å². The molecule has 0 aliphatic carbocycles. The van der Waals surface area contributed by atoms with E-state index in [2.05, 4.69) is 0 Å². The molecule has 120 valence electrons. The van der Waals surface area contributed by atoms with Crippen LogP contribution in [0.3, 0.4) is 0 Å². The van der Waals surface area contributed by atoms with E-state index in [1.54, 1.807) is 7.05 Å². The molecule has 1 N–H and O–H groups in total. The zero-order valence-corrected chi connectivity index (χ0v) is 13.3. The number of ether oxygens (including phenoxy) is 2. The van der Waals surface area contributed by atoms with E-state index in [1.807, 2.05) is 18.2 Å². The van der Waals surface area contributed by atoms with Crippen molar-refractivity contribution in [1.29, 1.82) is 0 Å². The summed E-state index contributed by atoms with van der Waals surface area (Å²) in [5.74, 6) is 0.995. The Balaban J connectivity index is 1.77. The number of phenols is 1. The summed E-state index contributed by atoms with van der Waals surface area (Å²) in [5.41, 5.74) is 1.09. The number of benzene rings is 2. The number of nitrogens with zero attached hydrogens (tertiary/aromatic N) is 1. The van der Waals surface area contributed by atoms with Gasteiger partial charge in [-0.2, -0.15) is 0 Å². The lowest BCUT2D eigenvalue weighted by atomic mass is 10.1. The number of rotatable bonds is 3. The number of halogens is 1. The van der Waals surface area contributed by atoms with Crippen LogP contribution in [-0.2, 0) is 6.54 Å². The fourth-order valence-electron chi connectivity index (χ4n) is 2.42. The maximum absolute atomic E-state index is 12.5. The Morgan fingerprint density at radius 3 is 2.70 bits per heavy atom. The average Bonchev–Trinajstić information content (AvgIpc) is 2.56. The van der Waals surface area contributed by atoms with Crippen LogP contribution in [0.1, 0.15) is 15.9 Å². The van der Waals surface area contributed by atoms with Crippen molar-refractivity contribution in [2.75, 3.05) is 20.3 Å². The summed E-state index contributed by atoms with van der Waals surface area (Å²) in [7, 11) is 1.67. The summed E-state index contributed by atoms with van der Waals surface area (Å²) in [6.45, 7) is 1.43. The molecular weight excluding hydrogens is 318 g/mol. The molecule has 0 saturated heterocycles. The number of hydrogen-bond donors (Lipinski definition) is 1. The van der Waals surface area contributed by atoms with Crippen LogP contribution in [0.15, 0.2) is 36.4 Å². The summed E-state index contributed by atoms with van der Waals surface area (Å²) >= 11 is 5.89. The molecule has 0 atom stereocenters. The number of carbonyl (C=O) groups is 1. The molecule has 0 spiro atoms. The fourth-order valence-corrected chi connectivity index (χ4v) is 2.59. The summed E-state index contributed by atoms with van der Waals surface area (Å²) < 4.78 is 11.0. The average molecular weight is 334 g/mol. The van der Waals surface area contributed by atoms with Crippen LogP contribution in [0.4, 0.5) is 0 Å². The first-order chi connectivity index (χ1) is 11.0. The number of phenolic OH excluding ortho intramolecular Hbond substituents is 1. The van der Waals surface area contributed by atoms with Crippen molar-refractivity contribution in [3.63, 3.8) is 0 Å². The van der Waals surface area contributed by atoms with Gasteiger partial charge in [-0.3, -0.25) is 4.79 Å². The van der Waals surface area contributed by atoms with E-state index >= 15 is 0 Å². The quantitative estimate of drug-likeness (QED) is 0.937. The second-order valence-corrected chi connectivity index (χ2v) is 5.74. The zero-order chi connectivity index (χ0) is 16.4. The van der Waals surface area contributed by atoms with Gasteiger partial charge in [-0.05, 0) is 35.9 Å². The highest BCUT2D eigenvalue weighted by molar-refractivity contribution is 6.31. The molecule has 1 heterocycles. The van der Waals surface area contributed by atoms with Gasteiger partial charge in [0.1, 0.15) is 19.0 Å². The maximum Gasteiger partial charge on any atom is 0.257 e. The van der Waals surface area contributed by atoms with Crippen molar-refractivity contribution in [1.82, 2.24) is 4.90 Å². The van der Waals surface area contributed by atoms with E-state index in [-0.39, 0.29) is 17.2 Å². The van der Waals surface area contributed by atoms with Crippen molar-refractivity contribution in [2.24, 2.45) is 0 Å². The normalized spacial score (nSPS) is 12.8. The first kappa shape index (κ1) is 15.5. The lowest BCUT2D eigenvalue weighted by molar-refractivity contribution is 0.0781. The second kappa shape index (κ2) is 6.38. The van der Waals surface area contributed by atoms with Crippen LogP contribution >= 0.6 is 11.6 Å². The third-order valence-corrected chi connectivity index (χ3v) is 3.80. The monoisotopic (exact) mass is 333 g/mol. The third-order valence-electron chi connectivity index (χ3n) is 3.56. The van der Waals surface area contributed by atoms with Crippen molar-refractivity contribution in [3.8, 4) is 17.2 Å². The highest BCUT2D eigenvalue weighted by Gasteiger charge is 2.18. The zero-order valence-electron chi connectivity index (χ0n) is 12.6. The molecule has 0 saturated carbocycles. The summed E-state index contributed by atoms with van der Waals surface area (Å²) in [6, 6.07) is 9.98. The molecular formula is C17H16ClNO4. The Kier molecular flexibility index (Phi) is 4.30. The van der Waals surface area contributed by atoms with Crippen molar-refractivity contribution < 1.29 is 19.4 Å². The molecule has 0 bridgehead atoms. The van der Waals surface area contributed by atoms with Crippen LogP contribution in [0.5, 0.6) is 17.2 Å². The molecule has 1 amide bonds. The third kappa shape index (κ3) is 3.35. The molecule has 23 heavy (non-hydrogen) atoms. The Morgan fingerprint density at radius 1 is 1.17 bits per heavy atom. The largest absolute Gasteiger partial charge is 0.507 e. The van der Waals surface area contributed by atoms with Gasteiger partial charge in [0.25, 0.3) is 5.91 Å². The first-order valence-corrected chi connectivity index (χ1v) is 7.55.